The Hall–Kier alpha value is -2.40. The smallest absolute Gasteiger partial charge is 0.212 e. The number of rotatable bonds is 3. The topological polar surface area (TPSA) is 72.3 Å². The van der Waals surface area contributed by atoms with Gasteiger partial charge in [0.25, 0.3) is 0 Å². The van der Waals surface area contributed by atoms with Crippen LogP contribution >= 0.6 is 0 Å². The number of oxazole rings is 1. The van der Waals surface area contributed by atoms with Gasteiger partial charge in [-0.3, -0.25) is 0 Å². The highest BCUT2D eigenvalue weighted by Gasteiger charge is 2.15. The Morgan fingerprint density at radius 3 is 2.70 bits per heavy atom. The summed E-state index contributed by atoms with van der Waals surface area (Å²) in [6.07, 6.45) is 0.523. The van der Waals surface area contributed by atoms with E-state index in [0.717, 1.165) is 5.56 Å². The average Bonchev–Trinajstić information content (AvgIpc) is 2.84. The molecule has 0 spiro atoms. The van der Waals surface area contributed by atoms with Crippen LogP contribution in [0.2, 0.25) is 0 Å². The molecule has 0 amide bonds. The standard InChI is InChI=1S/C15H13FN2O2/c16-10-3-6-13-14(8-10)20-15(18-13)12(17)7-9-1-4-11(19)5-2-9/h1-6,8,12,19H,7,17H2. The van der Waals surface area contributed by atoms with Crippen molar-refractivity contribution < 1.29 is 13.9 Å². The Morgan fingerprint density at radius 1 is 1.20 bits per heavy atom. The molecule has 0 aliphatic heterocycles. The first kappa shape index (κ1) is 12.6. The van der Waals surface area contributed by atoms with Crippen LogP contribution in [0, 0.1) is 5.82 Å². The quantitative estimate of drug-likeness (QED) is 0.769. The van der Waals surface area contributed by atoms with E-state index in [0.29, 0.717) is 23.4 Å². The highest BCUT2D eigenvalue weighted by atomic mass is 19.1. The van der Waals surface area contributed by atoms with Crippen LogP contribution in [0.15, 0.2) is 46.9 Å². The van der Waals surface area contributed by atoms with E-state index in [1.807, 2.05) is 0 Å². The number of halogens is 1. The maximum atomic E-state index is 13.1. The summed E-state index contributed by atoms with van der Waals surface area (Å²) in [5.41, 5.74) is 7.99. The van der Waals surface area contributed by atoms with E-state index in [4.69, 9.17) is 10.2 Å². The molecule has 1 unspecified atom stereocenters. The molecule has 0 radical (unpaired) electrons. The largest absolute Gasteiger partial charge is 0.508 e. The zero-order valence-corrected chi connectivity index (χ0v) is 10.6. The summed E-state index contributed by atoms with van der Waals surface area (Å²) in [6, 6.07) is 10.5. The molecule has 0 aliphatic rings. The van der Waals surface area contributed by atoms with Gasteiger partial charge in [-0.1, -0.05) is 12.1 Å². The first-order valence-corrected chi connectivity index (χ1v) is 6.21. The van der Waals surface area contributed by atoms with Gasteiger partial charge in [0.15, 0.2) is 5.58 Å². The van der Waals surface area contributed by atoms with Crippen LogP contribution in [0.25, 0.3) is 11.1 Å². The molecule has 4 nitrogen and oxygen atoms in total. The van der Waals surface area contributed by atoms with Crippen LogP contribution in [-0.2, 0) is 6.42 Å². The maximum absolute atomic E-state index is 13.1. The number of nitrogens with two attached hydrogens (primary N) is 1. The number of phenolic OH excluding ortho intramolecular Hbond substituents is 1. The van der Waals surface area contributed by atoms with Gasteiger partial charge in [0.2, 0.25) is 5.89 Å². The number of hydrogen-bond acceptors (Lipinski definition) is 4. The molecule has 0 saturated carbocycles. The fourth-order valence-corrected chi connectivity index (χ4v) is 2.05. The zero-order chi connectivity index (χ0) is 14.1. The number of aromatic hydroxyl groups is 1. The van der Waals surface area contributed by atoms with E-state index >= 15 is 0 Å². The van der Waals surface area contributed by atoms with Crippen molar-refractivity contribution in [3.8, 4) is 5.75 Å². The van der Waals surface area contributed by atoms with E-state index in [1.54, 1.807) is 30.3 Å². The van der Waals surface area contributed by atoms with Gasteiger partial charge < -0.3 is 15.3 Å². The number of benzene rings is 2. The first-order valence-electron chi connectivity index (χ1n) is 6.21. The van der Waals surface area contributed by atoms with Crippen molar-refractivity contribution in [2.24, 2.45) is 5.73 Å². The Kier molecular flexibility index (Phi) is 3.12. The molecule has 0 aliphatic carbocycles. The number of aromatic nitrogens is 1. The Bertz CT molecular complexity index is 737. The maximum Gasteiger partial charge on any atom is 0.212 e. The lowest BCUT2D eigenvalue weighted by Crippen LogP contribution is -2.13. The first-order chi connectivity index (χ1) is 9.61. The van der Waals surface area contributed by atoms with Gasteiger partial charge in [0.05, 0.1) is 6.04 Å². The van der Waals surface area contributed by atoms with Crippen LogP contribution in [0.1, 0.15) is 17.5 Å². The number of fused-ring (bicyclic) bond motifs is 1. The molecule has 3 aromatic rings. The lowest BCUT2D eigenvalue weighted by Gasteiger charge is -2.07. The summed E-state index contributed by atoms with van der Waals surface area (Å²) in [5.74, 6) is 0.214. The molecule has 0 bridgehead atoms. The van der Waals surface area contributed by atoms with Gasteiger partial charge in [-0.15, -0.1) is 0 Å². The van der Waals surface area contributed by atoms with E-state index < -0.39 is 6.04 Å². The molecule has 0 saturated heterocycles. The molecule has 2 aromatic carbocycles. The second kappa shape index (κ2) is 4.94. The number of nitrogens with zero attached hydrogens (tertiary/aromatic N) is 1. The third-order valence-electron chi connectivity index (χ3n) is 3.08. The van der Waals surface area contributed by atoms with Crippen LogP contribution in [-0.4, -0.2) is 10.1 Å². The third-order valence-corrected chi connectivity index (χ3v) is 3.08. The van der Waals surface area contributed by atoms with Crippen molar-refractivity contribution in [3.63, 3.8) is 0 Å². The molecule has 20 heavy (non-hydrogen) atoms. The lowest BCUT2D eigenvalue weighted by molar-refractivity contribution is 0.469. The van der Waals surface area contributed by atoms with E-state index in [9.17, 15) is 9.50 Å². The summed E-state index contributed by atoms with van der Waals surface area (Å²) in [7, 11) is 0. The Labute approximate surface area is 114 Å². The predicted octanol–water partition coefficient (Wildman–Crippen LogP) is 2.92. The summed E-state index contributed by atoms with van der Waals surface area (Å²) in [4.78, 5) is 4.26. The zero-order valence-electron chi connectivity index (χ0n) is 10.6. The van der Waals surface area contributed by atoms with Gasteiger partial charge in [0.1, 0.15) is 17.1 Å². The van der Waals surface area contributed by atoms with E-state index in [-0.39, 0.29) is 11.6 Å². The van der Waals surface area contributed by atoms with Gasteiger partial charge in [-0.25, -0.2) is 9.37 Å². The SMILES string of the molecule is NC(Cc1ccc(O)cc1)c1nc2ccc(F)cc2o1. The average molecular weight is 272 g/mol. The second-order valence-corrected chi connectivity index (χ2v) is 4.64. The molecule has 1 atom stereocenters. The normalized spacial score (nSPS) is 12.7. The van der Waals surface area contributed by atoms with Crippen LogP contribution in [0.5, 0.6) is 5.75 Å². The van der Waals surface area contributed by atoms with Crippen LogP contribution in [0.4, 0.5) is 4.39 Å². The molecular formula is C15H13FN2O2. The molecule has 1 aromatic heterocycles. The molecule has 102 valence electrons. The summed E-state index contributed by atoms with van der Waals surface area (Å²) >= 11 is 0. The molecule has 3 N–H and O–H groups in total. The van der Waals surface area contributed by atoms with Crippen LogP contribution in [0.3, 0.4) is 0 Å². The van der Waals surface area contributed by atoms with Gasteiger partial charge in [0, 0.05) is 6.07 Å². The molecule has 1 heterocycles. The van der Waals surface area contributed by atoms with Crippen molar-refractivity contribution in [1.29, 1.82) is 0 Å². The lowest BCUT2D eigenvalue weighted by atomic mass is 10.1. The number of phenols is 1. The van der Waals surface area contributed by atoms with Gasteiger partial charge in [-0.05, 0) is 36.2 Å². The van der Waals surface area contributed by atoms with Crippen LogP contribution < -0.4 is 5.73 Å². The highest BCUT2D eigenvalue weighted by Crippen LogP contribution is 2.22. The summed E-state index contributed by atoms with van der Waals surface area (Å²) in [5, 5.41) is 9.23. The monoisotopic (exact) mass is 272 g/mol. The third kappa shape index (κ3) is 2.48. The minimum Gasteiger partial charge on any atom is -0.508 e. The minimum absolute atomic E-state index is 0.208. The highest BCUT2D eigenvalue weighted by molar-refractivity contribution is 5.72. The molecular weight excluding hydrogens is 259 g/mol. The minimum atomic E-state index is -0.421. The molecule has 3 rings (SSSR count). The summed E-state index contributed by atoms with van der Waals surface area (Å²) < 4.78 is 18.6. The number of hydrogen-bond donors (Lipinski definition) is 2. The predicted molar refractivity (Wildman–Crippen MR) is 72.7 cm³/mol. The Morgan fingerprint density at radius 2 is 1.95 bits per heavy atom. The summed E-state index contributed by atoms with van der Waals surface area (Å²) in [6.45, 7) is 0. The molecule has 5 heteroatoms. The second-order valence-electron chi connectivity index (χ2n) is 4.64. The van der Waals surface area contributed by atoms with Crippen molar-refractivity contribution in [2.45, 2.75) is 12.5 Å². The van der Waals surface area contributed by atoms with Crippen molar-refractivity contribution in [2.75, 3.05) is 0 Å². The van der Waals surface area contributed by atoms with Crippen molar-refractivity contribution in [3.05, 3.63) is 59.7 Å². The van der Waals surface area contributed by atoms with Crippen molar-refractivity contribution in [1.82, 2.24) is 4.98 Å². The molecule has 0 fully saturated rings. The fraction of sp³-hybridized carbons (Fsp3) is 0.133. The fourth-order valence-electron chi connectivity index (χ4n) is 2.05. The van der Waals surface area contributed by atoms with E-state index in [2.05, 4.69) is 4.98 Å². The Balaban J connectivity index is 1.84. The van der Waals surface area contributed by atoms with Crippen molar-refractivity contribution >= 4 is 11.1 Å². The van der Waals surface area contributed by atoms with E-state index in [1.165, 1.54) is 12.1 Å². The van der Waals surface area contributed by atoms with Gasteiger partial charge >= 0.3 is 0 Å². The van der Waals surface area contributed by atoms with Gasteiger partial charge in [-0.2, -0.15) is 0 Å².